The second-order valence-corrected chi connectivity index (χ2v) is 6.15. The molecule has 1 atom stereocenters. The fourth-order valence-electron chi connectivity index (χ4n) is 2.34. The van der Waals surface area contributed by atoms with Crippen LogP contribution in [-0.4, -0.2) is 28.0 Å². The highest BCUT2D eigenvalue weighted by Crippen LogP contribution is 2.15. The smallest absolute Gasteiger partial charge is 0.326 e. The zero-order valence-corrected chi connectivity index (χ0v) is 14.4. The molecule has 1 amide bonds. The van der Waals surface area contributed by atoms with Gasteiger partial charge in [-0.05, 0) is 53.5 Å². The number of carboxylic acids is 1. The lowest BCUT2D eigenvalue weighted by Gasteiger charge is -2.15. The number of nitrogens with zero attached hydrogens (tertiary/aromatic N) is 1. The molecule has 0 aliphatic heterocycles. The van der Waals surface area contributed by atoms with E-state index < -0.39 is 17.9 Å². The maximum absolute atomic E-state index is 12.3. The average Bonchev–Trinajstić information content (AvgIpc) is 2.47. The second-order valence-electron chi connectivity index (χ2n) is 5.40. The number of aliphatic carboxylic acids is 1. The van der Waals surface area contributed by atoms with E-state index in [0.29, 0.717) is 10.2 Å². The summed E-state index contributed by atoms with van der Waals surface area (Å²) in [6.45, 7) is 3.79. The van der Waals surface area contributed by atoms with E-state index in [2.05, 4.69) is 26.2 Å². The van der Waals surface area contributed by atoms with E-state index in [-0.39, 0.29) is 6.42 Å². The van der Waals surface area contributed by atoms with E-state index in [0.717, 1.165) is 16.7 Å². The summed E-state index contributed by atoms with van der Waals surface area (Å²) in [5, 5.41) is 12.0. The van der Waals surface area contributed by atoms with Gasteiger partial charge >= 0.3 is 5.97 Å². The van der Waals surface area contributed by atoms with E-state index in [1.54, 1.807) is 30.5 Å². The molecule has 120 valence electrons. The van der Waals surface area contributed by atoms with E-state index in [9.17, 15) is 14.7 Å². The van der Waals surface area contributed by atoms with Gasteiger partial charge in [-0.15, -0.1) is 0 Å². The van der Waals surface area contributed by atoms with Crippen LogP contribution in [0.2, 0.25) is 0 Å². The highest BCUT2D eigenvalue weighted by Gasteiger charge is 2.22. The van der Waals surface area contributed by atoms with Crippen molar-refractivity contribution >= 4 is 27.8 Å². The Morgan fingerprint density at radius 3 is 2.48 bits per heavy atom. The van der Waals surface area contributed by atoms with Crippen molar-refractivity contribution in [2.24, 2.45) is 0 Å². The molecule has 0 saturated heterocycles. The minimum atomic E-state index is -1.08. The van der Waals surface area contributed by atoms with Crippen molar-refractivity contribution in [3.63, 3.8) is 0 Å². The lowest BCUT2D eigenvalue weighted by Crippen LogP contribution is -2.42. The Bertz CT molecular complexity index is 726. The molecule has 0 bridgehead atoms. The van der Waals surface area contributed by atoms with Gasteiger partial charge in [0, 0.05) is 18.2 Å². The van der Waals surface area contributed by atoms with Crippen LogP contribution in [0.15, 0.2) is 41.1 Å². The maximum atomic E-state index is 12.3. The number of carbonyl (C=O) groups is 2. The predicted molar refractivity (Wildman–Crippen MR) is 90.4 cm³/mol. The molecule has 1 aromatic heterocycles. The van der Waals surface area contributed by atoms with Crippen LogP contribution in [0.25, 0.3) is 0 Å². The molecule has 0 spiro atoms. The van der Waals surface area contributed by atoms with Gasteiger partial charge in [-0.1, -0.05) is 23.3 Å². The van der Waals surface area contributed by atoms with E-state index in [1.165, 1.54) is 0 Å². The van der Waals surface area contributed by atoms with Gasteiger partial charge in [0.25, 0.3) is 5.91 Å². The summed E-state index contributed by atoms with van der Waals surface area (Å²) >= 11 is 3.29. The Labute approximate surface area is 142 Å². The number of pyridine rings is 1. The molecule has 0 unspecified atom stereocenters. The molecule has 1 heterocycles. The third kappa shape index (κ3) is 4.63. The summed E-state index contributed by atoms with van der Waals surface area (Å²) in [5.41, 5.74) is 3.09. The number of benzene rings is 1. The zero-order valence-electron chi connectivity index (χ0n) is 12.8. The highest BCUT2D eigenvalue weighted by atomic mass is 79.9. The lowest BCUT2D eigenvalue weighted by molar-refractivity contribution is -0.139. The Kier molecular flexibility index (Phi) is 5.50. The van der Waals surface area contributed by atoms with Gasteiger partial charge in [0.1, 0.15) is 10.6 Å². The molecule has 6 heteroatoms. The number of halogens is 1. The summed E-state index contributed by atoms with van der Waals surface area (Å²) in [6.07, 6.45) is 1.76. The topological polar surface area (TPSA) is 79.3 Å². The van der Waals surface area contributed by atoms with Crippen LogP contribution in [0.4, 0.5) is 0 Å². The molecule has 1 aromatic carbocycles. The van der Waals surface area contributed by atoms with Crippen LogP contribution in [0.1, 0.15) is 27.0 Å². The number of aryl methyl sites for hydroxylation is 2. The highest BCUT2D eigenvalue weighted by molar-refractivity contribution is 9.10. The molecule has 0 saturated carbocycles. The number of carbonyl (C=O) groups excluding carboxylic acids is 1. The number of rotatable bonds is 5. The third-order valence-electron chi connectivity index (χ3n) is 3.35. The summed E-state index contributed by atoms with van der Waals surface area (Å²) in [5.74, 6) is -1.48. The molecule has 2 N–H and O–H groups in total. The lowest BCUT2D eigenvalue weighted by atomic mass is 10.0. The van der Waals surface area contributed by atoms with Gasteiger partial charge in [-0.2, -0.15) is 0 Å². The maximum Gasteiger partial charge on any atom is 0.326 e. The Morgan fingerprint density at radius 2 is 1.91 bits per heavy atom. The van der Waals surface area contributed by atoms with Crippen LogP contribution in [0.3, 0.4) is 0 Å². The SMILES string of the molecule is Cc1cc(C)cc(C(=O)N[C@H](Cc2cccnc2Br)C(=O)O)c1. The largest absolute Gasteiger partial charge is 0.480 e. The summed E-state index contributed by atoms with van der Waals surface area (Å²) in [6, 6.07) is 7.91. The van der Waals surface area contributed by atoms with Crippen molar-refractivity contribution in [3.8, 4) is 0 Å². The number of carboxylic acid groups (broad SMARTS) is 1. The van der Waals surface area contributed by atoms with Crippen LogP contribution in [0.5, 0.6) is 0 Å². The van der Waals surface area contributed by atoms with Crippen molar-refractivity contribution in [2.45, 2.75) is 26.3 Å². The zero-order chi connectivity index (χ0) is 17.0. The van der Waals surface area contributed by atoms with E-state index in [4.69, 9.17) is 0 Å². The van der Waals surface area contributed by atoms with E-state index >= 15 is 0 Å². The van der Waals surface area contributed by atoms with Crippen molar-refractivity contribution in [1.82, 2.24) is 10.3 Å². The second kappa shape index (κ2) is 7.37. The molecular weight excluding hydrogens is 360 g/mol. The van der Waals surface area contributed by atoms with E-state index in [1.807, 2.05) is 19.9 Å². The molecule has 23 heavy (non-hydrogen) atoms. The number of hydrogen-bond donors (Lipinski definition) is 2. The minimum Gasteiger partial charge on any atom is -0.480 e. The Balaban J connectivity index is 2.18. The average molecular weight is 377 g/mol. The minimum absolute atomic E-state index is 0.153. The van der Waals surface area contributed by atoms with Crippen molar-refractivity contribution in [1.29, 1.82) is 0 Å². The van der Waals surface area contributed by atoms with Gasteiger partial charge in [-0.3, -0.25) is 4.79 Å². The molecule has 0 aliphatic carbocycles. The van der Waals surface area contributed by atoms with Crippen LogP contribution < -0.4 is 5.32 Å². The monoisotopic (exact) mass is 376 g/mol. The first-order chi connectivity index (χ1) is 10.9. The molecular formula is C17H17BrN2O3. The Hall–Kier alpha value is -2.21. The quantitative estimate of drug-likeness (QED) is 0.786. The first kappa shape index (κ1) is 17.1. The first-order valence-corrected chi connectivity index (χ1v) is 7.87. The predicted octanol–water partition coefficient (Wildman–Crippen LogP) is 2.89. The molecule has 0 aliphatic rings. The van der Waals surface area contributed by atoms with Gasteiger partial charge in [0.15, 0.2) is 0 Å². The standard InChI is InChI=1S/C17H17BrN2O3/c1-10-6-11(2)8-13(7-10)16(21)20-14(17(22)23)9-12-4-3-5-19-15(12)18/h3-8,14H,9H2,1-2H3,(H,20,21)(H,22,23)/t14-/m1/s1. The number of amides is 1. The summed E-state index contributed by atoms with van der Waals surface area (Å²) in [7, 11) is 0. The molecule has 5 nitrogen and oxygen atoms in total. The normalized spacial score (nSPS) is 11.8. The number of nitrogens with one attached hydrogen (secondary N) is 1. The fourth-order valence-corrected chi connectivity index (χ4v) is 2.75. The fraction of sp³-hybridized carbons (Fsp3) is 0.235. The Morgan fingerprint density at radius 1 is 1.26 bits per heavy atom. The molecule has 0 fully saturated rings. The third-order valence-corrected chi connectivity index (χ3v) is 4.06. The number of hydrogen-bond acceptors (Lipinski definition) is 3. The van der Waals surface area contributed by atoms with Crippen molar-refractivity contribution < 1.29 is 14.7 Å². The molecule has 2 rings (SSSR count). The molecule has 2 aromatic rings. The molecule has 0 radical (unpaired) electrons. The van der Waals surface area contributed by atoms with Gasteiger partial charge in [0.05, 0.1) is 0 Å². The number of aromatic nitrogens is 1. The van der Waals surface area contributed by atoms with Crippen molar-refractivity contribution in [2.75, 3.05) is 0 Å². The van der Waals surface area contributed by atoms with Gasteiger partial charge in [-0.25, -0.2) is 9.78 Å². The first-order valence-electron chi connectivity index (χ1n) is 7.08. The summed E-state index contributed by atoms with van der Waals surface area (Å²) < 4.78 is 0.576. The van der Waals surface area contributed by atoms with Crippen LogP contribution >= 0.6 is 15.9 Å². The van der Waals surface area contributed by atoms with Gasteiger partial charge in [0.2, 0.25) is 0 Å². The van der Waals surface area contributed by atoms with Crippen LogP contribution in [-0.2, 0) is 11.2 Å². The van der Waals surface area contributed by atoms with Crippen LogP contribution in [0, 0.1) is 13.8 Å². The van der Waals surface area contributed by atoms with Crippen molar-refractivity contribution in [3.05, 3.63) is 63.4 Å². The van der Waals surface area contributed by atoms with Gasteiger partial charge < -0.3 is 10.4 Å². The summed E-state index contributed by atoms with van der Waals surface area (Å²) in [4.78, 5) is 27.9.